The van der Waals surface area contributed by atoms with Gasteiger partial charge in [0.1, 0.15) is 5.75 Å². The lowest BCUT2D eigenvalue weighted by Crippen LogP contribution is -2.22. The summed E-state index contributed by atoms with van der Waals surface area (Å²) in [6, 6.07) is 14.8. The molecule has 0 saturated carbocycles. The highest BCUT2D eigenvalue weighted by Gasteiger charge is 2.14. The molecule has 2 rings (SSSR count). The number of benzene rings is 2. The van der Waals surface area contributed by atoms with E-state index in [2.05, 4.69) is 5.32 Å². The SMILES string of the molecule is COc1ccc(NC(=O)C(C)Sc2cccc(N)c2)cc1. The van der Waals surface area contributed by atoms with E-state index in [-0.39, 0.29) is 11.2 Å². The molecule has 2 aromatic rings. The van der Waals surface area contributed by atoms with Crippen molar-refractivity contribution in [1.29, 1.82) is 0 Å². The molecule has 0 saturated heterocycles. The number of carbonyl (C=O) groups excluding carboxylic acids is 1. The van der Waals surface area contributed by atoms with Gasteiger partial charge in [0.25, 0.3) is 0 Å². The maximum Gasteiger partial charge on any atom is 0.237 e. The summed E-state index contributed by atoms with van der Waals surface area (Å²) in [5.74, 6) is 0.711. The summed E-state index contributed by atoms with van der Waals surface area (Å²) in [4.78, 5) is 13.1. The summed E-state index contributed by atoms with van der Waals surface area (Å²) < 4.78 is 5.08. The molecule has 1 atom stereocenters. The zero-order valence-corrected chi connectivity index (χ0v) is 12.8. The van der Waals surface area contributed by atoms with Gasteiger partial charge in [-0.05, 0) is 49.4 Å². The smallest absolute Gasteiger partial charge is 0.237 e. The Balaban J connectivity index is 1.95. The molecule has 0 spiro atoms. The van der Waals surface area contributed by atoms with Crippen LogP contribution in [0, 0.1) is 0 Å². The molecule has 0 aromatic heterocycles. The van der Waals surface area contributed by atoms with Crippen molar-refractivity contribution in [2.75, 3.05) is 18.2 Å². The zero-order valence-electron chi connectivity index (χ0n) is 12.0. The Morgan fingerprint density at radius 2 is 1.95 bits per heavy atom. The molecule has 2 aromatic carbocycles. The van der Waals surface area contributed by atoms with Gasteiger partial charge < -0.3 is 15.8 Å². The van der Waals surface area contributed by atoms with Gasteiger partial charge in [-0.2, -0.15) is 0 Å². The van der Waals surface area contributed by atoms with Crippen LogP contribution in [-0.2, 0) is 4.79 Å². The van der Waals surface area contributed by atoms with E-state index in [1.165, 1.54) is 11.8 Å². The number of nitrogen functional groups attached to an aromatic ring is 1. The number of nitrogens with two attached hydrogens (primary N) is 1. The van der Waals surface area contributed by atoms with Crippen molar-refractivity contribution in [3.63, 3.8) is 0 Å². The Bertz CT molecular complexity index is 614. The second kappa shape index (κ2) is 7.04. The fourth-order valence-corrected chi connectivity index (χ4v) is 2.70. The van der Waals surface area contributed by atoms with E-state index in [9.17, 15) is 4.79 Å². The zero-order chi connectivity index (χ0) is 15.2. The third-order valence-corrected chi connectivity index (χ3v) is 3.99. The van der Waals surface area contributed by atoms with Crippen LogP contribution in [0.1, 0.15) is 6.92 Å². The molecule has 0 aliphatic carbocycles. The Morgan fingerprint density at radius 1 is 1.24 bits per heavy atom. The number of nitrogens with one attached hydrogen (secondary N) is 1. The monoisotopic (exact) mass is 302 g/mol. The summed E-state index contributed by atoms with van der Waals surface area (Å²) in [6.07, 6.45) is 0. The van der Waals surface area contributed by atoms with Crippen LogP contribution in [0.5, 0.6) is 5.75 Å². The van der Waals surface area contributed by atoms with Crippen molar-refractivity contribution >= 4 is 29.0 Å². The van der Waals surface area contributed by atoms with Crippen molar-refractivity contribution in [2.45, 2.75) is 17.1 Å². The first kappa shape index (κ1) is 15.3. The first-order valence-electron chi connectivity index (χ1n) is 6.55. The van der Waals surface area contributed by atoms with E-state index in [4.69, 9.17) is 10.5 Å². The molecular formula is C16H18N2O2S. The van der Waals surface area contributed by atoms with E-state index < -0.39 is 0 Å². The number of rotatable bonds is 5. The van der Waals surface area contributed by atoms with Gasteiger partial charge in [-0.25, -0.2) is 0 Å². The van der Waals surface area contributed by atoms with Crippen molar-refractivity contribution in [3.8, 4) is 5.75 Å². The third-order valence-electron chi connectivity index (χ3n) is 2.90. The van der Waals surface area contributed by atoms with Crippen molar-refractivity contribution in [1.82, 2.24) is 0 Å². The third kappa shape index (κ3) is 4.43. The number of methoxy groups -OCH3 is 1. The highest BCUT2D eigenvalue weighted by molar-refractivity contribution is 8.00. The first-order valence-corrected chi connectivity index (χ1v) is 7.43. The fraction of sp³-hybridized carbons (Fsp3) is 0.188. The van der Waals surface area contributed by atoms with Gasteiger partial charge >= 0.3 is 0 Å². The molecule has 0 radical (unpaired) electrons. The number of thioether (sulfide) groups is 1. The molecular weight excluding hydrogens is 284 g/mol. The largest absolute Gasteiger partial charge is 0.497 e. The van der Waals surface area contributed by atoms with Gasteiger partial charge in [-0.3, -0.25) is 4.79 Å². The molecule has 0 aliphatic rings. The summed E-state index contributed by atoms with van der Waals surface area (Å²) in [6.45, 7) is 1.87. The van der Waals surface area contributed by atoms with Crippen LogP contribution in [0.4, 0.5) is 11.4 Å². The average Bonchev–Trinajstić information content (AvgIpc) is 2.48. The lowest BCUT2D eigenvalue weighted by atomic mass is 10.3. The molecule has 4 nitrogen and oxygen atoms in total. The van der Waals surface area contributed by atoms with Gasteiger partial charge in [-0.1, -0.05) is 6.07 Å². The van der Waals surface area contributed by atoms with Crippen LogP contribution in [0.2, 0.25) is 0 Å². The molecule has 110 valence electrons. The molecule has 3 N–H and O–H groups in total. The number of hydrogen-bond donors (Lipinski definition) is 2. The Morgan fingerprint density at radius 3 is 2.57 bits per heavy atom. The maximum atomic E-state index is 12.2. The van der Waals surface area contributed by atoms with Crippen LogP contribution >= 0.6 is 11.8 Å². The maximum absolute atomic E-state index is 12.2. The van der Waals surface area contributed by atoms with Crippen LogP contribution in [0.25, 0.3) is 0 Å². The van der Waals surface area contributed by atoms with Gasteiger partial charge in [0, 0.05) is 16.3 Å². The molecule has 0 heterocycles. The van der Waals surface area contributed by atoms with Gasteiger partial charge in [-0.15, -0.1) is 11.8 Å². The van der Waals surface area contributed by atoms with Crippen LogP contribution in [0.3, 0.4) is 0 Å². The standard InChI is InChI=1S/C16H18N2O2S/c1-11(21-15-5-3-4-12(17)10-15)16(19)18-13-6-8-14(20-2)9-7-13/h3-11H,17H2,1-2H3,(H,18,19). The van der Waals surface area contributed by atoms with E-state index in [1.807, 2.05) is 55.5 Å². The van der Waals surface area contributed by atoms with Crippen molar-refractivity contribution < 1.29 is 9.53 Å². The highest BCUT2D eigenvalue weighted by Crippen LogP contribution is 2.26. The number of anilines is 2. The molecule has 21 heavy (non-hydrogen) atoms. The number of amides is 1. The Kier molecular flexibility index (Phi) is 5.11. The minimum Gasteiger partial charge on any atom is -0.497 e. The predicted octanol–water partition coefficient (Wildman–Crippen LogP) is 3.40. The molecule has 1 unspecified atom stereocenters. The summed E-state index contributed by atoms with van der Waals surface area (Å²) in [5.41, 5.74) is 7.18. The second-order valence-corrected chi connectivity index (χ2v) is 5.96. The quantitative estimate of drug-likeness (QED) is 0.656. The molecule has 0 bridgehead atoms. The first-order chi connectivity index (χ1) is 10.1. The normalized spacial score (nSPS) is 11.7. The number of carbonyl (C=O) groups is 1. The Hall–Kier alpha value is -2.14. The molecule has 0 fully saturated rings. The molecule has 5 heteroatoms. The van der Waals surface area contributed by atoms with Crippen LogP contribution in [0.15, 0.2) is 53.4 Å². The summed E-state index contributed by atoms with van der Waals surface area (Å²) >= 11 is 1.48. The lowest BCUT2D eigenvalue weighted by Gasteiger charge is -2.12. The molecule has 0 aliphatic heterocycles. The predicted molar refractivity (Wildman–Crippen MR) is 87.8 cm³/mol. The summed E-state index contributed by atoms with van der Waals surface area (Å²) in [5, 5.41) is 2.67. The number of hydrogen-bond acceptors (Lipinski definition) is 4. The number of ether oxygens (including phenoxy) is 1. The summed E-state index contributed by atoms with van der Waals surface area (Å²) in [7, 11) is 1.61. The minimum atomic E-state index is -0.214. The van der Waals surface area contributed by atoms with E-state index in [0.717, 1.165) is 16.3 Å². The van der Waals surface area contributed by atoms with Gasteiger partial charge in [0.2, 0.25) is 5.91 Å². The van der Waals surface area contributed by atoms with Crippen LogP contribution in [-0.4, -0.2) is 18.3 Å². The van der Waals surface area contributed by atoms with Crippen molar-refractivity contribution in [3.05, 3.63) is 48.5 Å². The van der Waals surface area contributed by atoms with Crippen molar-refractivity contribution in [2.24, 2.45) is 0 Å². The van der Waals surface area contributed by atoms with Crippen LogP contribution < -0.4 is 15.8 Å². The van der Waals surface area contributed by atoms with E-state index in [1.54, 1.807) is 7.11 Å². The topological polar surface area (TPSA) is 64.3 Å². The lowest BCUT2D eigenvalue weighted by molar-refractivity contribution is -0.115. The fourth-order valence-electron chi connectivity index (χ4n) is 1.76. The highest BCUT2D eigenvalue weighted by atomic mass is 32.2. The second-order valence-electron chi connectivity index (χ2n) is 4.55. The Labute approximate surface area is 128 Å². The van der Waals surface area contributed by atoms with E-state index >= 15 is 0 Å². The van der Waals surface area contributed by atoms with Gasteiger partial charge in [0.15, 0.2) is 0 Å². The average molecular weight is 302 g/mol. The minimum absolute atomic E-state index is 0.0485. The molecule has 1 amide bonds. The van der Waals surface area contributed by atoms with E-state index in [0.29, 0.717) is 5.69 Å². The van der Waals surface area contributed by atoms with Gasteiger partial charge in [0.05, 0.1) is 12.4 Å².